The van der Waals surface area contributed by atoms with Gasteiger partial charge in [0.1, 0.15) is 11.5 Å². The Labute approximate surface area is 149 Å². The van der Waals surface area contributed by atoms with E-state index in [0.717, 1.165) is 48.8 Å². The van der Waals surface area contributed by atoms with Crippen molar-refractivity contribution in [3.05, 3.63) is 60.2 Å². The standard InChI is InChI=1S/C21H26N2O2/c24-22-21(14-17-23-15-6-1-2-7-16-23)18-10-12-20(13-11-18)25-19-8-4-3-5-9-19/h3-5,8-13,24H,1-2,6-7,14-17H2. The summed E-state index contributed by atoms with van der Waals surface area (Å²) in [7, 11) is 0. The monoisotopic (exact) mass is 338 g/mol. The Kier molecular flexibility index (Phi) is 6.46. The van der Waals surface area contributed by atoms with Crippen LogP contribution >= 0.6 is 0 Å². The van der Waals surface area contributed by atoms with Crippen LogP contribution in [0.1, 0.15) is 37.7 Å². The maximum Gasteiger partial charge on any atom is 0.127 e. The number of para-hydroxylation sites is 1. The first-order chi connectivity index (χ1) is 12.3. The molecule has 3 rings (SSSR count). The van der Waals surface area contributed by atoms with E-state index < -0.39 is 0 Å². The summed E-state index contributed by atoms with van der Waals surface area (Å²) in [5, 5.41) is 12.9. The van der Waals surface area contributed by atoms with Crippen molar-refractivity contribution >= 4 is 5.71 Å². The van der Waals surface area contributed by atoms with Gasteiger partial charge in [0, 0.05) is 13.0 Å². The Morgan fingerprint density at radius 3 is 2.16 bits per heavy atom. The van der Waals surface area contributed by atoms with Crippen LogP contribution in [0.4, 0.5) is 0 Å². The molecular formula is C21H26N2O2. The molecule has 0 spiro atoms. The molecule has 4 heteroatoms. The Morgan fingerprint density at radius 2 is 1.52 bits per heavy atom. The molecule has 2 aromatic rings. The second kappa shape index (κ2) is 9.23. The Morgan fingerprint density at radius 1 is 0.880 bits per heavy atom. The van der Waals surface area contributed by atoms with Crippen LogP contribution in [0.3, 0.4) is 0 Å². The molecule has 1 N–H and O–H groups in total. The van der Waals surface area contributed by atoms with Gasteiger partial charge in [-0.3, -0.25) is 0 Å². The van der Waals surface area contributed by atoms with Gasteiger partial charge in [0.25, 0.3) is 0 Å². The number of benzene rings is 2. The smallest absolute Gasteiger partial charge is 0.127 e. The minimum atomic E-state index is 0.732. The second-order valence-electron chi connectivity index (χ2n) is 6.49. The molecule has 132 valence electrons. The minimum absolute atomic E-state index is 0.732. The van der Waals surface area contributed by atoms with Gasteiger partial charge >= 0.3 is 0 Å². The number of oxime groups is 1. The van der Waals surface area contributed by atoms with Gasteiger partial charge in [-0.2, -0.15) is 0 Å². The molecule has 1 fully saturated rings. The van der Waals surface area contributed by atoms with Crippen LogP contribution in [-0.2, 0) is 0 Å². The highest BCUT2D eigenvalue weighted by atomic mass is 16.5. The molecule has 0 atom stereocenters. The molecule has 25 heavy (non-hydrogen) atoms. The minimum Gasteiger partial charge on any atom is -0.457 e. The summed E-state index contributed by atoms with van der Waals surface area (Å²) in [6.45, 7) is 3.26. The van der Waals surface area contributed by atoms with Gasteiger partial charge in [0.15, 0.2) is 0 Å². The lowest BCUT2D eigenvalue weighted by Gasteiger charge is -2.19. The van der Waals surface area contributed by atoms with Gasteiger partial charge in [-0.05, 0) is 67.9 Å². The SMILES string of the molecule is ON=C(CCN1CCCCCC1)c1ccc(Oc2ccccc2)cc1. The van der Waals surface area contributed by atoms with Crippen molar-refractivity contribution in [2.45, 2.75) is 32.1 Å². The quantitative estimate of drug-likeness (QED) is 0.462. The van der Waals surface area contributed by atoms with Crippen LogP contribution in [0.15, 0.2) is 59.8 Å². The molecule has 0 bridgehead atoms. The number of hydrogen-bond donors (Lipinski definition) is 1. The lowest BCUT2D eigenvalue weighted by atomic mass is 10.1. The van der Waals surface area contributed by atoms with E-state index in [9.17, 15) is 5.21 Å². The average molecular weight is 338 g/mol. The van der Waals surface area contributed by atoms with Crippen LogP contribution in [0.25, 0.3) is 0 Å². The van der Waals surface area contributed by atoms with Crippen LogP contribution in [0.2, 0.25) is 0 Å². The fraction of sp³-hybridized carbons (Fsp3) is 0.381. The van der Waals surface area contributed by atoms with E-state index in [4.69, 9.17) is 4.74 Å². The molecule has 2 aromatic carbocycles. The van der Waals surface area contributed by atoms with Gasteiger partial charge in [-0.15, -0.1) is 0 Å². The van der Waals surface area contributed by atoms with Crippen molar-refractivity contribution in [1.29, 1.82) is 0 Å². The van der Waals surface area contributed by atoms with E-state index in [0.29, 0.717) is 0 Å². The van der Waals surface area contributed by atoms with Crippen LogP contribution < -0.4 is 4.74 Å². The zero-order chi connectivity index (χ0) is 17.3. The van der Waals surface area contributed by atoms with Crippen molar-refractivity contribution < 1.29 is 9.94 Å². The van der Waals surface area contributed by atoms with Crippen molar-refractivity contribution in [2.75, 3.05) is 19.6 Å². The second-order valence-corrected chi connectivity index (χ2v) is 6.49. The predicted molar refractivity (Wildman–Crippen MR) is 101 cm³/mol. The molecule has 1 saturated heterocycles. The predicted octanol–water partition coefficient (Wildman–Crippen LogP) is 4.92. The van der Waals surface area contributed by atoms with E-state index in [-0.39, 0.29) is 0 Å². The summed E-state index contributed by atoms with van der Waals surface area (Å²) in [4.78, 5) is 2.48. The normalized spacial score (nSPS) is 16.4. The summed E-state index contributed by atoms with van der Waals surface area (Å²) >= 11 is 0. The summed E-state index contributed by atoms with van der Waals surface area (Å²) in [5.41, 5.74) is 1.67. The molecule has 0 amide bonds. The van der Waals surface area contributed by atoms with Gasteiger partial charge in [0.05, 0.1) is 5.71 Å². The Balaban J connectivity index is 1.57. The van der Waals surface area contributed by atoms with Gasteiger partial charge in [-0.1, -0.05) is 36.2 Å². The van der Waals surface area contributed by atoms with Crippen molar-refractivity contribution in [3.63, 3.8) is 0 Å². The van der Waals surface area contributed by atoms with Crippen molar-refractivity contribution in [3.8, 4) is 11.5 Å². The lowest BCUT2D eigenvalue weighted by molar-refractivity contribution is 0.288. The molecule has 1 aliphatic rings. The first kappa shape index (κ1) is 17.5. The zero-order valence-corrected chi connectivity index (χ0v) is 14.6. The molecule has 0 saturated carbocycles. The van der Waals surface area contributed by atoms with Crippen LogP contribution in [0, 0.1) is 0 Å². The molecule has 0 aromatic heterocycles. The molecule has 0 aliphatic carbocycles. The molecular weight excluding hydrogens is 312 g/mol. The first-order valence-electron chi connectivity index (χ1n) is 9.12. The number of ether oxygens (including phenoxy) is 1. The molecule has 4 nitrogen and oxygen atoms in total. The van der Waals surface area contributed by atoms with E-state index >= 15 is 0 Å². The van der Waals surface area contributed by atoms with Gasteiger partial charge in [0.2, 0.25) is 0 Å². The maximum absolute atomic E-state index is 9.41. The largest absolute Gasteiger partial charge is 0.457 e. The van der Waals surface area contributed by atoms with Crippen LogP contribution in [0.5, 0.6) is 11.5 Å². The van der Waals surface area contributed by atoms with Crippen molar-refractivity contribution in [1.82, 2.24) is 4.90 Å². The molecule has 1 aliphatic heterocycles. The van der Waals surface area contributed by atoms with E-state index in [1.807, 2.05) is 54.6 Å². The maximum atomic E-state index is 9.41. The summed E-state index contributed by atoms with van der Waals surface area (Å²) in [5.74, 6) is 1.59. The number of hydrogen-bond acceptors (Lipinski definition) is 4. The van der Waals surface area contributed by atoms with E-state index in [1.54, 1.807) is 0 Å². The van der Waals surface area contributed by atoms with Crippen LogP contribution in [-0.4, -0.2) is 35.5 Å². The number of nitrogens with zero attached hydrogens (tertiary/aromatic N) is 2. The third kappa shape index (κ3) is 5.33. The third-order valence-corrected chi connectivity index (χ3v) is 4.65. The zero-order valence-electron chi connectivity index (χ0n) is 14.6. The topological polar surface area (TPSA) is 45.1 Å². The molecule has 0 unspecified atom stereocenters. The average Bonchev–Trinajstić information content (AvgIpc) is 2.93. The van der Waals surface area contributed by atoms with E-state index in [2.05, 4.69) is 10.1 Å². The number of rotatable bonds is 6. The third-order valence-electron chi connectivity index (χ3n) is 4.65. The Hall–Kier alpha value is -2.33. The fourth-order valence-corrected chi connectivity index (χ4v) is 3.22. The van der Waals surface area contributed by atoms with Crippen molar-refractivity contribution in [2.24, 2.45) is 5.16 Å². The summed E-state index contributed by atoms with van der Waals surface area (Å²) < 4.78 is 5.81. The molecule has 0 radical (unpaired) electrons. The number of likely N-dealkylation sites (tertiary alicyclic amines) is 1. The highest BCUT2D eigenvalue weighted by Gasteiger charge is 2.12. The molecule has 1 heterocycles. The van der Waals surface area contributed by atoms with E-state index in [1.165, 1.54) is 25.7 Å². The van der Waals surface area contributed by atoms with Gasteiger partial charge < -0.3 is 14.8 Å². The van der Waals surface area contributed by atoms with Gasteiger partial charge in [-0.25, -0.2) is 0 Å². The highest BCUT2D eigenvalue weighted by molar-refractivity contribution is 6.00. The fourth-order valence-electron chi connectivity index (χ4n) is 3.22. The Bertz CT molecular complexity index is 660. The lowest BCUT2D eigenvalue weighted by Crippen LogP contribution is -2.27. The summed E-state index contributed by atoms with van der Waals surface area (Å²) in [6.07, 6.45) is 5.98. The highest BCUT2D eigenvalue weighted by Crippen LogP contribution is 2.22. The summed E-state index contributed by atoms with van der Waals surface area (Å²) in [6, 6.07) is 17.5. The first-order valence-corrected chi connectivity index (χ1v) is 9.12.